The Kier molecular flexibility index (Phi) is 12.2. The van der Waals surface area contributed by atoms with Crippen molar-refractivity contribution in [2.45, 2.75) is 52.4 Å². The zero-order chi connectivity index (χ0) is 22.6. The minimum absolute atomic E-state index is 0. The lowest BCUT2D eigenvalue weighted by molar-refractivity contribution is 0.0596. The molecule has 2 rings (SSSR count). The number of benzene rings is 1. The van der Waals surface area contributed by atoms with Gasteiger partial charge in [-0.25, -0.2) is 20.1 Å². The molecule has 0 bridgehead atoms. The Balaban J connectivity index is 0.00000512. The number of carbonyl (C=O) groups excluding carboxylic acids is 2. The van der Waals surface area contributed by atoms with E-state index in [0.29, 0.717) is 17.3 Å². The van der Waals surface area contributed by atoms with E-state index >= 15 is 0 Å². The molecule has 0 fully saturated rings. The van der Waals surface area contributed by atoms with Crippen LogP contribution in [0.15, 0.2) is 24.4 Å². The molecule has 1 aromatic heterocycles. The van der Waals surface area contributed by atoms with Gasteiger partial charge in [0, 0.05) is 17.8 Å². The number of hydrogen-bond acceptors (Lipinski definition) is 7. The third-order valence-corrected chi connectivity index (χ3v) is 5.01. The van der Waals surface area contributed by atoms with Crippen LogP contribution in [0.1, 0.15) is 61.4 Å². The van der Waals surface area contributed by atoms with Crippen molar-refractivity contribution in [2.24, 2.45) is 0 Å². The second-order valence-electron chi connectivity index (χ2n) is 7.05. The molecule has 0 unspecified atom stereocenters. The number of hydrogen-bond donors (Lipinski definition) is 4. The summed E-state index contributed by atoms with van der Waals surface area (Å²) in [4.78, 5) is 37.1. The highest BCUT2D eigenvalue weighted by atomic mass is 35.5. The predicted molar refractivity (Wildman–Crippen MR) is 129 cm³/mol. The van der Waals surface area contributed by atoms with E-state index in [1.165, 1.54) is 31.9 Å². The Labute approximate surface area is 199 Å². The average molecular weight is 485 g/mol. The number of carbonyl (C=O) groups is 2. The topological polar surface area (TPSA) is 131 Å². The first-order valence-corrected chi connectivity index (χ1v) is 10.7. The van der Waals surface area contributed by atoms with Crippen LogP contribution in [0.25, 0.3) is 0 Å². The summed E-state index contributed by atoms with van der Waals surface area (Å²) in [6, 6.07) is 4.73. The second kappa shape index (κ2) is 14.3. The minimum Gasteiger partial charge on any atom is -0.383 e. The van der Waals surface area contributed by atoms with Gasteiger partial charge in [-0.05, 0) is 31.0 Å². The first-order chi connectivity index (χ1) is 14.9. The number of nitrogens with two attached hydrogens (primary N) is 1. The van der Waals surface area contributed by atoms with Crippen LogP contribution in [0.4, 0.5) is 22.2 Å². The van der Waals surface area contributed by atoms with Gasteiger partial charge in [0.1, 0.15) is 11.4 Å². The number of rotatable bonds is 11. The molecule has 1 heterocycles. The van der Waals surface area contributed by atoms with Gasteiger partial charge in [0.25, 0.3) is 0 Å². The first-order valence-electron chi connectivity index (χ1n) is 10.3. The molecule has 0 spiro atoms. The zero-order valence-corrected chi connectivity index (χ0v) is 19.8. The molecule has 0 aliphatic heterocycles. The van der Waals surface area contributed by atoms with Crippen LogP contribution < -0.4 is 21.8 Å². The van der Waals surface area contributed by atoms with Gasteiger partial charge in [0.05, 0.1) is 5.69 Å². The van der Waals surface area contributed by atoms with Crippen molar-refractivity contribution in [3.05, 3.63) is 40.5 Å². The molecule has 0 saturated heterocycles. The summed E-state index contributed by atoms with van der Waals surface area (Å²) in [7, 11) is 0. The molecular formula is C21H30Cl2N6O3. The number of unbranched alkanes of at least 4 members (excludes halogenated alkanes) is 5. The SMILES string of the molecule is CCCCCCCCNC(=O)Nc1ncc(C(=O)ONc2cccc(Cl)c2C)c(N)n1.Cl. The van der Waals surface area contributed by atoms with E-state index < -0.39 is 12.0 Å². The lowest BCUT2D eigenvalue weighted by Gasteiger charge is -2.11. The number of aromatic nitrogens is 2. The van der Waals surface area contributed by atoms with Crippen LogP contribution in [0.3, 0.4) is 0 Å². The third-order valence-electron chi connectivity index (χ3n) is 4.60. The quantitative estimate of drug-likeness (QED) is 0.257. The summed E-state index contributed by atoms with van der Waals surface area (Å²) in [5, 5.41) is 5.78. The Morgan fingerprint density at radius 1 is 1.16 bits per heavy atom. The van der Waals surface area contributed by atoms with Crippen LogP contribution in [-0.2, 0) is 4.84 Å². The first kappa shape index (κ1) is 27.3. The molecule has 2 amide bonds. The molecule has 176 valence electrons. The smallest absolute Gasteiger partial charge is 0.368 e. The fourth-order valence-electron chi connectivity index (χ4n) is 2.74. The van der Waals surface area contributed by atoms with Crippen molar-refractivity contribution >= 4 is 53.5 Å². The fraction of sp³-hybridized carbons (Fsp3) is 0.429. The summed E-state index contributed by atoms with van der Waals surface area (Å²) < 4.78 is 0. The molecular weight excluding hydrogens is 455 g/mol. The highest BCUT2D eigenvalue weighted by Crippen LogP contribution is 2.23. The Morgan fingerprint density at radius 3 is 2.59 bits per heavy atom. The molecule has 5 N–H and O–H groups in total. The molecule has 11 heteroatoms. The predicted octanol–water partition coefficient (Wildman–Crippen LogP) is 5.11. The summed E-state index contributed by atoms with van der Waals surface area (Å²) in [6.07, 6.45) is 8.01. The van der Waals surface area contributed by atoms with Crippen LogP contribution in [-0.4, -0.2) is 28.5 Å². The number of urea groups is 1. The molecule has 0 aliphatic rings. The molecule has 1 aromatic carbocycles. The normalized spacial score (nSPS) is 10.1. The highest BCUT2D eigenvalue weighted by molar-refractivity contribution is 6.31. The highest BCUT2D eigenvalue weighted by Gasteiger charge is 2.16. The Morgan fingerprint density at radius 2 is 1.88 bits per heavy atom. The summed E-state index contributed by atoms with van der Waals surface area (Å²) in [6.45, 7) is 4.52. The van der Waals surface area contributed by atoms with E-state index in [-0.39, 0.29) is 29.7 Å². The van der Waals surface area contributed by atoms with Crippen LogP contribution >= 0.6 is 24.0 Å². The van der Waals surface area contributed by atoms with E-state index in [4.69, 9.17) is 22.2 Å². The van der Waals surface area contributed by atoms with Gasteiger partial charge < -0.3 is 15.9 Å². The van der Waals surface area contributed by atoms with Gasteiger partial charge in [0.2, 0.25) is 5.95 Å². The number of anilines is 3. The summed E-state index contributed by atoms with van der Waals surface area (Å²) in [5.41, 5.74) is 9.61. The van der Waals surface area contributed by atoms with E-state index in [1.54, 1.807) is 25.1 Å². The summed E-state index contributed by atoms with van der Waals surface area (Å²) >= 11 is 6.04. The molecule has 0 saturated carbocycles. The summed E-state index contributed by atoms with van der Waals surface area (Å²) in [5.74, 6) is -0.889. The van der Waals surface area contributed by atoms with Crippen molar-refractivity contribution in [1.82, 2.24) is 15.3 Å². The van der Waals surface area contributed by atoms with Gasteiger partial charge in [-0.2, -0.15) is 4.98 Å². The van der Waals surface area contributed by atoms with E-state index in [1.807, 2.05) is 0 Å². The van der Waals surface area contributed by atoms with Crippen molar-refractivity contribution in [2.75, 3.05) is 23.1 Å². The molecule has 0 aliphatic carbocycles. The Bertz CT molecular complexity index is 898. The molecule has 2 aromatic rings. The largest absolute Gasteiger partial charge is 0.383 e. The van der Waals surface area contributed by atoms with Gasteiger partial charge in [0.15, 0.2) is 0 Å². The van der Waals surface area contributed by atoms with Gasteiger partial charge in [-0.3, -0.25) is 5.32 Å². The number of halogens is 2. The molecule has 32 heavy (non-hydrogen) atoms. The minimum atomic E-state index is -0.768. The van der Waals surface area contributed by atoms with E-state index in [0.717, 1.165) is 18.4 Å². The third kappa shape index (κ3) is 8.76. The van der Waals surface area contributed by atoms with Crippen molar-refractivity contribution in [3.63, 3.8) is 0 Å². The molecule has 0 radical (unpaired) electrons. The van der Waals surface area contributed by atoms with Gasteiger partial charge in [-0.15, -0.1) is 12.4 Å². The molecule has 9 nitrogen and oxygen atoms in total. The number of nitrogen functional groups attached to an aromatic ring is 1. The van der Waals surface area contributed by atoms with Crippen molar-refractivity contribution in [3.8, 4) is 0 Å². The van der Waals surface area contributed by atoms with E-state index in [9.17, 15) is 9.59 Å². The van der Waals surface area contributed by atoms with Gasteiger partial charge in [-0.1, -0.05) is 56.7 Å². The lowest BCUT2D eigenvalue weighted by Crippen LogP contribution is -2.30. The maximum atomic E-state index is 12.3. The Hall–Kier alpha value is -2.78. The van der Waals surface area contributed by atoms with Gasteiger partial charge >= 0.3 is 12.0 Å². The van der Waals surface area contributed by atoms with Crippen LogP contribution in [0, 0.1) is 6.92 Å². The number of amides is 2. The average Bonchev–Trinajstić information content (AvgIpc) is 2.74. The van der Waals surface area contributed by atoms with Crippen LogP contribution in [0.5, 0.6) is 0 Å². The lowest BCUT2D eigenvalue weighted by atomic mass is 10.1. The maximum absolute atomic E-state index is 12.3. The molecule has 0 atom stereocenters. The monoisotopic (exact) mass is 484 g/mol. The zero-order valence-electron chi connectivity index (χ0n) is 18.2. The van der Waals surface area contributed by atoms with Crippen LogP contribution in [0.2, 0.25) is 5.02 Å². The number of nitrogens with zero attached hydrogens (tertiary/aromatic N) is 2. The second-order valence-corrected chi connectivity index (χ2v) is 7.45. The maximum Gasteiger partial charge on any atom is 0.368 e. The standard InChI is InChI=1S/C21H29ClN6O3.ClH/c1-3-4-5-6-7-8-12-24-21(30)27-20-25-13-15(18(23)26-20)19(29)31-28-17-11-9-10-16(22)14(17)2;/h9-11,13,28H,3-8,12H2,1-2H3,(H4,23,24,25,26,27,30);1H. The van der Waals surface area contributed by atoms with E-state index in [2.05, 4.69) is 33.0 Å². The number of nitrogens with one attached hydrogen (secondary N) is 3. The fourth-order valence-corrected chi connectivity index (χ4v) is 2.91. The van der Waals surface area contributed by atoms with Crippen molar-refractivity contribution in [1.29, 1.82) is 0 Å². The van der Waals surface area contributed by atoms with Crippen molar-refractivity contribution < 1.29 is 14.4 Å².